The molecule has 4 heterocycles. The number of ether oxygens (including phenoxy) is 1. The van der Waals surface area contributed by atoms with E-state index in [-0.39, 0.29) is 12.1 Å². The first-order chi connectivity index (χ1) is 12.8. The Hall–Kier alpha value is -2.79. The Morgan fingerprint density at radius 2 is 1.81 bits per heavy atom. The van der Waals surface area contributed by atoms with Crippen LogP contribution in [0.1, 0.15) is 48.3 Å². The lowest BCUT2D eigenvalue weighted by Gasteiger charge is -2.31. The van der Waals surface area contributed by atoms with Crippen LogP contribution in [0, 0.1) is 6.92 Å². The first-order valence-corrected chi connectivity index (χ1v) is 9.02. The van der Waals surface area contributed by atoms with Crippen molar-refractivity contribution >= 4 is 0 Å². The average Bonchev–Trinajstić information content (AvgIpc) is 2.69. The summed E-state index contributed by atoms with van der Waals surface area (Å²) in [7, 11) is 0. The summed E-state index contributed by atoms with van der Waals surface area (Å²) >= 11 is 0. The molecule has 26 heavy (non-hydrogen) atoms. The van der Waals surface area contributed by atoms with Crippen molar-refractivity contribution in [3.05, 3.63) is 78.0 Å². The molecule has 5 heteroatoms. The maximum atomic E-state index is 5.85. The Bertz CT molecular complexity index is 869. The molecular formula is C21H22N4O. The van der Waals surface area contributed by atoms with E-state index < -0.39 is 0 Å². The van der Waals surface area contributed by atoms with Crippen molar-refractivity contribution in [2.75, 3.05) is 0 Å². The van der Waals surface area contributed by atoms with Crippen LogP contribution >= 0.6 is 0 Å². The van der Waals surface area contributed by atoms with Gasteiger partial charge in [-0.25, -0.2) is 4.98 Å². The van der Waals surface area contributed by atoms with E-state index in [1.807, 2.05) is 36.5 Å². The molecule has 0 spiro atoms. The predicted molar refractivity (Wildman–Crippen MR) is 100.0 cm³/mol. The number of hydrogen-bond acceptors (Lipinski definition) is 5. The van der Waals surface area contributed by atoms with Gasteiger partial charge in [0.2, 0.25) is 5.88 Å². The molecular weight excluding hydrogens is 324 g/mol. The molecule has 5 nitrogen and oxygen atoms in total. The number of piperidine rings is 1. The summed E-state index contributed by atoms with van der Waals surface area (Å²) in [4.78, 5) is 13.3. The highest BCUT2D eigenvalue weighted by Gasteiger charge is 2.26. The zero-order chi connectivity index (χ0) is 17.8. The SMILES string of the molecule is Cc1cccnc1[C@@H]1CCC[C@H](c2cccc(Oc3ccncc3)n2)N1. The summed E-state index contributed by atoms with van der Waals surface area (Å²) in [6, 6.07) is 14.2. The van der Waals surface area contributed by atoms with E-state index in [1.165, 1.54) is 5.56 Å². The molecule has 0 aromatic carbocycles. The molecule has 1 aliphatic heterocycles. The van der Waals surface area contributed by atoms with Crippen LogP contribution in [0.5, 0.6) is 11.6 Å². The molecule has 132 valence electrons. The highest BCUT2D eigenvalue weighted by Crippen LogP contribution is 2.33. The van der Waals surface area contributed by atoms with Gasteiger partial charge in [-0.1, -0.05) is 12.1 Å². The van der Waals surface area contributed by atoms with Gasteiger partial charge in [-0.2, -0.15) is 0 Å². The molecule has 2 atom stereocenters. The van der Waals surface area contributed by atoms with Crippen LogP contribution in [0.25, 0.3) is 0 Å². The number of rotatable bonds is 4. The van der Waals surface area contributed by atoms with Crippen molar-refractivity contribution < 1.29 is 4.74 Å². The van der Waals surface area contributed by atoms with E-state index in [0.717, 1.165) is 36.4 Å². The van der Waals surface area contributed by atoms with Gasteiger partial charge in [-0.05, 0) is 56.0 Å². The Morgan fingerprint density at radius 1 is 0.962 bits per heavy atom. The van der Waals surface area contributed by atoms with Crippen molar-refractivity contribution in [2.24, 2.45) is 0 Å². The largest absolute Gasteiger partial charge is 0.439 e. The number of aromatic nitrogens is 3. The van der Waals surface area contributed by atoms with Crippen LogP contribution in [0.15, 0.2) is 61.1 Å². The number of nitrogens with zero attached hydrogens (tertiary/aromatic N) is 3. The molecule has 0 aliphatic carbocycles. The predicted octanol–water partition coefficient (Wildman–Crippen LogP) is 4.53. The molecule has 0 unspecified atom stereocenters. The molecule has 4 rings (SSSR count). The minimum atomic E-state index is 0.205. The maximum Gasteiger partial charge on any atom is 0.219 e. The molecule has 1 saturated heterocycles. The van der Waals surface area contributed by atoms with Gasteiger partial charge in [0.05, 0.1) is 23.5 Å². The zero-order valence-electron chi connectivity index (χ0n) is 14.8. The van der Waals surface area contributed by atoms with E-state index in [1.54, 1.807) is 12.4 Å². The second-order valence-corrected chi connectivity index (χ2v) is 6.59. The number of hydrogen-bond donors (Lipinski definition) is 1. The molecule has 1 aliphatic rings. The van der Waals surface area contributed by atoms with E-state index in [9.17, 15) is 0 Å². The van der Waals surface area contributed by atoms with E-state index in [4.69, 9.17) is 9.72 Å². The van der Waals surface area contributed by atoms with E-state index >= 15 is 0 Å². The summed E-state index contributed by atoms with van der Waals surface area (Å²) in [6.45, 7) is 2.12. The summed E-state index contributed by atoms with van der Waals surface area (Å²) in [5.41, 5.74) is 3.38. The standard InChI is InChI=1S/C21H22N4O/c1-15-5-4-12-23-21(15)19-8-2-6-17(24-19)18-7-3-9-20(25-18)26-16-10-13-22-14-11-16/h3-5,7,9-14,17,19,24H,2,6,8H2,1H3/t17-,19+/m1/s1. The molecule has 0 bridgehead atoms. The first-order valence-electron chi connectivity index (χ1n) is 9.02. The third-order valence-electron chi connectivity index (χ3n) is 4.74. The summed E-state index contributed by atoms with van der Waals surface area (Å²) < 4.78 is 5.85. The van der Waals surface area contributed by atoms with E-state index in [2.05, 4.69) is 34.3 Å². The zero-order valence-corrected chi connectivity index (χ0v) is 14.8. The summed E-state index contributed by atoms with van der Waals surface area (Å²) in [5, 5.41) is 3.73. The maximum absolute atomic E-state index is 5.85. The van der Waals surface area contributed by atoms with Gasteiger partial charge in [-0.15, -0.1) is 0 Å². The quantitative estimate of drug-likeness (QED) is 0.752. The van der Waals surface area contributed by atoms with Crippen LogP contribution in [0.4, 0.5) is 0 Å². The highest BCUT2D eigenvalue weighted by molar-refractivity contribution is 5.27. The molecule has 3 aromatic rings. The fourth-order valence-electron chi connectivity index (χ4n) is 3.46. The molecule has 3 aromatic heterocycles. The third-order valence-corrected chi connectivity index (χ3v) is 4.74. The van der Waals surface area contributed by atoms with Gasteiger partial charge in [0, 0.05) is 24.7 Å². The van der Waals surface area contributed by atoms with Crippen molar-refractivity contribution in [3.8, 4) is 11.6 Å². The normalized spacial score (nSPS) is 19.9. The number of nitrogens with one attached hydrogen (secondary N) is 1. The van der Waals surface area contributed by atoms with Gasteiger partial charge in [0.1, 0.15) is 5.75 Å². The second-order valence-electron chi connectivity index (χ2n) is 6.59. The minimum absolute atomic E-state index is 0.205. The first kappa shape index (κ1) is 16.7. The van der Waals surface area contributed by atoms with E-state index in [0.29, 0.717) is 5.88 Å². The molecule has 0 amide bonds. The monoisotopic (exact) mass is 346 g/mol. The smallest absolute Gasteiger partial charge is 0.219 e. The van der Waals surface area contributed by atoms with Crippen LogP contribution in [0.3, 0.4) is 0 Å². The lowest BCUT2D eigenvalue weighted by molar-refractivity contribution is 0.318. The van der Waals surface area contributed by atoms with Gasteiger partial charge in [-0.3, -0.25) is 9.97 Å². The van der Waals surface area contributed by atoms with Gasteiger partial charge in [0.15, 0.2) is 0 Å². The summed E-state index contributed by atoms with van der Waals surface area (Å²) in [5.74, 6) is 1.34. The van der Waals surface area contributed by atoms with Crippen molar-refractivity contribution in [3.63, 3.8) is 0 Å². The Kier molecular flexibility index (Phi) is 4.88. The number of aryl methyl sites for hydroxylation is 1. The van der Waals surface area contributed by atoms with Crippen LogP contribution < -0.4 is 10.1 Å². The third kappa shape index (κ3) is 3.73. The van der Waals surface area contributed by atoms with Crippen LogP contribution in [-0.2, 0) is 0 Å². The number of pyridine rings is 3. The Labute approximate surface area is 153 Å². The highest BCUT2D eigenvalue weighted by atomic mass is 16.5. The average molecular weight is 346 g/mol. The fourth-order valence-corrected chi connectivity index (χ4v) is 3.46. The van der Waals surface area contributed by atoms with Gasteiger partial charge in [0.25, 0.3) is 0 Å². The molecule has 0 saturated carbocycles. The second kappa shape index (κ2) is 7.62. The van der Waals surface area contributed by atoms with Crippen LogP contribution in [0.2, 0.25) is 0 Å². The fraction of sp³-hybridized carbons (Fsp3) is 0.286. The molecule has 1 N–H and O–H groups in total. The molecule has 0 radical (unpaired) electrons. The van der Waals surface area contributed by atoms with Crippen molar-refractivity contribution in [1.82, 2.24) is 20.3 Å². The molecule has 1 fully saturated rings. The van der Waals surface area contributed by atoms with Gasteiger partial charge >= 0.3 is 0 Å². The van der Waals surface area contributed by atoms with Crippen LogP contribution in [-0.4, -0.2) is 15.0 Å². The van der Waals surface area contributed by atoms with Crippen molar-refractivity contribution in [1.29, 1.82) is 0 Å². The minimum Gasteiger partial charge on any atom is -0.439 e. The van der Waals surface area contributed by atoms with Crippen molar-refractivity contribution in [2.45, 2.75) is 38.3 Å². The van der Waals surface area contributed by atoms with Gasteiger partial charge < -0.3 is 10.1 Å². The Balaban J connectivity index is 1.52. The topological polar surface area (TPSA) is 59.9 Å². The lowest BCUT2D eigenvalue weighted by atomic mass is 9.93. The lowest BCUT2D eigenvalue weighted by Crippen LogP contribution is -2.32. The summed E-state index contributed by atoms with van der Waals surface area (Å²) in [6.07, 6.45) is 8.60. The Morgan fingerprint density at radius 3 is 2.65 bits per heavy atom.